The number of nitrogens with one attached hydrogen (secondary N) is 2. The third kappa shape index (κ3) is 4.85. The van der Waals surface area contributed by atoms with Crippen LogP contribution in [0.2, 0.25) is 0 Å². The van der Waals surface area contributed by atoms with Gasteiger partial charge in [0, 0.05) is 11.6 Å². The number of benzene rings is 1. The van der Waals surface area contributed by atoms with Crippen LogP contribution in [0.25, 0.3) is 0 Å². The Balaban J connectivity index is 2.79. The molecule has 3 nitrogen and oxygen atoms in total. The van der Waals surface area contributed by atoms with Crippen LogP contribution in [0.4, 0.5) is 0 Å². The van der Waals surface area contributed by atoms with Gasteiger partial charge in [-0.25, -0.2) is 5.43 Å². The molecule has 1 atom stereocenters. The van der Waals surface area contributed by atoms with Crippen LogP contribution in [0.15, 0.2) is 18.2 Å². The van der Waals surface area contributed by atoms with Crippen molar-refractivity contribution >= 4 is 5.91 Å². The van der Waals surface area contributed by atoms with Crippen molar-refractivity contribution in [1.29, 1.82) is 0 Å². The molecule has 3 heteroatoms. The summed E-state index contributed by atoms with van der Waals surface area (Å²) in [5, 5.41) is 0. The Morgan fingerprint density at radius 1 is 1.24 bits per heavy atom. The molecule has 0 saturated carbocycles. The SMILES string of the molecule is CCCc1cccc(C(=O)NN[C@H](CC)C(C)(C)C)c1C. The number of rotatable bonds is 6. The van der Waals surface area contributed by atoms with Crippen molar-refractivity contribution in [1.82, 2.24) is 10.9 Å². The average Bonchev–Trinajstić information content (AvgIpc) is 2.40. The lowest BCUT2D eigenvalue weighted by Crippen LogP contribution is -2.49. The summed E-state index contributed by atoms with van der Waals surface area (Å²) < 4.78 is 0. The van der Waals surface area contributed by atoms with E-state index < -0.39 is 0 Å². The van der Waals surface area contributed by atoms with Crippen LogP contribution >= 0.6 is 0 Å². The molecule has 0 bridgehead atoms. The molecule has 1 amide bonds. The van der Waals surface area contributed by atoms with Gasteiger partial charge in [0.15, 0.2) is 0 Å². The molecule has 21 heavy (non-hydrogen) atoms. The van der Waals surface area contributed by atoms with E-state index in [0.29, 0.717) is 0 Å². The van der Waals surface area contributed by atoms with Gasteiger partial charge in [-0.05, 0) is 42.4 Å². The predicted molar refractivity (Wildman–Crippen MR) is 89.3 cm³/mol. The molecule has 0 heterocycles. The number of hydrogen-bond donors (Lipinski definition) is 2. The molecular formula is C18H30N2O. The van der Waals surface area contributed by atoms with E-state index in [1.807, 2.05) is 19.1 Å². The quantitative estimate of drug-likeness (QED) is 0.777. The Labute approximate surface area is 129 Å². The van der Waals surface area contributed by atoms with Crippen LogP contribution < -0.4 is 10.9 Å². The van der Waals surface area contributed by atoms with Gasteiger partial charge in [-0.2, -0.15) is 0 Å². The zero-order chi connectivity index (χ0) is 16.0. The molecule has 1 aromatic rings. The summed E-state index contributed by atoms with van der Waals surface area (Å²) in [6, 6.07) is 6.21. The summed E-state index contributed by atoms with van der Waals surface area (Å²) in [7, 11) is 0. The Kier molecular flexibility index (Phi) is 6.41. The van der Waals surface area contributed by atoms with Gasteiger partial charge in [-0.15, -0.1) is 0 Å². The van der Waals surface area contributed by atoms with Crippen LogP contribution in [-0.4, -0.2) is 11.9 Å². The first-order valence-electron chi connectivity index (χ1n) is 7.95. The number of aryl methyl sites for hydroxylation is 1. The molecule has 0 saturated heterocycles. The second kappa shape index (κ2) is 7.60. The van der Waals surface area contributed by atoms with Gasteiger partial charge in [0.2, 0.25) is 0 Å². The first-order valence-corrected chi connectivity index (χ1v) is 7.95. The fourth-order valence-electron chi connectivity index (χ4n) is 2.62. The van der Waals surface area contributed by atoms with Gasteiger partial charge in [0.25, 0.3) is 5.91 Å². The Hall–Kier alpha value is -1.35. The van der Waals surface area contributed by atoms with E-state index in [4.69, 9.17) is 0 Å². The molecule has 2 N–H and O–H groups in total. The van der Waals surface area contributed by atoms with Crippen molar-refractivity contribution < 1.29 is 4.79 Å². The summed E-state index contributed by atoms with van der Waals surface area (Å²) in [6.07, 6.45) is 3.07. The van der Waals surface area contributed by atoms with Crippen molar-refractivity contribution in [2.24, 2.45) is 5.41 Å². The number of carbonyl (C=O) groups excluding carboxylic acids is 1. The summed E-state index contributed by atoms with van der Waals surface area (Å²) >= 11 is 0. The van der Waals surface area contributed by atoms with Crippen molar-refractivity contribution in [3.8, 4) is 0 Å². The standard InChI is InChI=1S/C18H30N2O/c1-7-10-14-11-9-12-15(13(14)3)17(21)20-19-16(8-2)18(4,5)6/h9,11-12,16,19H,7-8,10H2,1-6H3,(H,20,21)/t16-/m1/s1. The molecule has 118 valence electrons. The maximum Gasteiger partial charge on any atom is 0.265 e. The fraction of sp³-hybridized carbons (Fsp3) is 0.611. The smallest absolute Gasteiger partial charge is 0.265 e. The van der Waals surface area contributed by atoms with E-state index in [2.05, 4.69) is 51.5 Å². The van der Waals surface area contributed by atoms with Crippen LogP contribution in [0, 0.1) is 12.3 Å². The molecule has 0 radical (unpaired) electrons. The second-order valence-electron chi connectivity index (χ2n) is 6.77. The molecule has 0 spiro atoms. The van der Waals surface area contributed by atoms with Gasteiger partial charge in [-0.3, -0.25) is 10.2 Å². The average molecular weight is 290 g/mol. The summed E-state index contributed by atoms with van der Waals surface area (Å²) in [5.41, 5.74) is 9.28. The lowest BCUT2D eigenvalue weighted by Gasteiger charge is -2.30. The first kappa shape index (κ1) is 17.7. The maximum absolute atomic E-state index is 12.4. The van der Waals surface area contributed by atoms with Crippen LogP contribution in [0.1, 0.15) is 68.9 Å². The van der Waals surface area contributed by atoms with Crippen LogP contribution in [0.3, 0.4) is 0 Å². The summed E-state index contributed by atoms with van der Waals surface area (Å²) in [6.45, 7) is 12.8. The third-order valence-corrected chi connectivity index (χ3v) is 4.02. The van der Waals surface area contributed by atoms with Crippen LogP contribution in [-0.2, 0) is 6.42 Å². The Bertz CT molecular complexity index is 475. The fourth-order valence-corrected chi connectivity index (χ4v) is 2.62. The lowest BCUT2D eigenvalue weighted by atomic mass is 9.86. The molecule has 0 fully saturated rings. The first-order chi connectivity index (χ1) is 9.81. The van der Waals surface area contributed by atoms with Gasteiger partial charge in [0.05, 0.1) is 0 Å². The normalized spacial score (nSPS) is 13.0. The van der Waals surface area contributed by atoms with E-state index in [9.17, 15) is 4.79 Å². The van der Waals surface area contributed by atoms with Gasteiger partial charge in [0.1, 0.15) is 0 Å². The highest BCUT2D eigenvalue weighted by Crippen LogP contribution is 2.21. The summed E-state index contributed by atoms with van der Waals surface area (Å²) in [4.78, 5) is 12.4. The van der Waals surface area contributed by atoms with Crippen LogP contribution in [0.5, 0.6) is 0 Å². The molecule has 0 aromatic heterocycles. The van der Waals surface area contributed by atoms with Gasteiger partial charge >= 0.3 is 0 Å². The van der Waals surface area contributed by atoms with E-state index in [-0.39, 0.29) is 17.4 Å². The predicted octanol–water partition coefficient (Wildman–Crippen LogP) is 4.01. The molecule has 0 aliphatic carbocycles. The van der Waals surface area contributed by atoms with Gasteiger partial charge < -0.3 is 0 Å². The Morgan fingerprint density at radius 3 is 2.43 bits per heavy atom. The van der Waals surface area contributed by atoms with E-state index >= 15 is 0 Å². The third-order valence-electron chi connectivity index (χ3n) is 4.02. The van der Waals surface area contributed by atoms with Crippen molar-refractivity contribution in [3.63, 3.8) is 0 Å². The highest BCUT2D eigenvalue weighted by Gasteiger charge is 2.23. The molecule has 0 aliphatic heterocycles. The lowest BCUT2D eigenvalue weighted by molar-refractivity contribution is 0.0905. The number of amides is 1. The van der Waals surface area contributed by atoms with E-state index in [1.54, 1.807) is 0 Å². The highest BCUT2D eigenvalue weighted by molar-refractivity contribution is 5.95. The van der Waals surface area contributed by atoms with E-state index in [0.717, 1.165) is 30.4 Å². The molecule has 1 aromatic carbocycles. The zero-order valence-electron chi connectivity index (χ0n) is 14.3. The molecule has 0 aliphatic rings. The Morgan fingerprint density at radius 2 is 1.90 bits per heavy atom. The number of carbonyl (C=O) groups is 1. The monoisotopic (exact) mass is 290 g/mol. The molecule has 1 rings (SSSR count). The number of hydrazine groups is 1. The van der Waals surface area contributed by atoms with Crippen molar-refractivity contribution in [2.45, 2.75) is 66.8 Å². The zero-order valence-corrected chi connectivity index (χ0v) is 14.3. The topological polar surface area (TPSA) is 41.1 Å². The van der Waals surface area contributed by atoms with E-state index in [1.165, 1.54) is 5.56 Å². The summed E-state index contributed by atoms with van der Waals surface area (Å²) in [5.74, 6) is -0.0480. The minimum absolute atomic E-state index is 0.0480. The molecular weight excluding hydrogens is 260 g/mol. The van der Waals surface area contributed by atoms with Crippen molar-refractivity contribution in [3.05, 3.63) is 34.9 Å². The molecule has 0 unspecified atom stereocenters. The largest absolute Gasteiger partial charge is 0.287 e. The van der Waals surface area contributed by atoms with Gasteiger partial charge in [-0.1, -0.05) is 53.2 Å². The highest BCUT2D eigenvalue weighted by atomic mass is 16.2. The number of hydrogen-bond acceptors (Lipinski definition) is 2. The maximum atomic E-state index is 12.4. The minimum atomic E-state index is -0.0480. The second-order valence-corrected chi connectivity index (χ2v) is 6.77. The minimum Gasteiger partial charge on any atom is -0.287 e. The van der Waals surface area contributed by atoms with Crippen molar-refractivity contribution in [2.75, 3.05) is 0 Å².